The first kappa shape index (κ1) is 10.3. The highest BCUT2D eigenvalue weighted by Gasteiger charge is 2.55. The van der Waals surface area contributed by atoms with Crippen LogP contribution < -0.4 is 0 Å². The van der Waals surface area contributed by atoms with Gasteiger partial charge in [0.2, 0.25) is 0 Å². The van der Waals surface area contributed by atoms with Crippen molar-refractivity contribution < 1.29 is 9.53 Å². The SMILES string of the molecule is CC(C)(C)OC(=O)N1[C@H](C#N)C[C@H]2C[C@H]21. The van der Waals surface area contributed by atoms with Crippen LogP contribution in [0.2, 0.25) is 0 Å². The minimum Gasteiger partial charge on any atom is -0.444 e. The van der Waals surface area contributed by atoms with Gasteiger partial charge in [-0.1, -0.05) is 0 Å². The summed E-state index contributed by atoms with van der Waals surface area (Å²) in [6.07, 6.45) is 1.52. The molecule has 4 heteroatoms. The van der Waals surface area contributed by atoms with E-state index in [0.717, 1.165) is 12.8 Å². The molecular weight excluding hydrogens is 192 g/mol. The summed E-state index contributed by atoms with van der Waals surface area (Å²) in [5.41, 5.74) is -0.482. The Kier molecular flexibility index (Phi) is 2.14. The Hall–Kier alpha value is -1.24. The van der Waals surface area contributed by atoms with E-state index in [4.69, 9.17) is 10.00 Å². The van der Waals surface area contributed by atoms with Crippen molar-refractivity contribution in [1.29, 1.82) is 5.26 Å². The number of likely N-dealkylation sites (tertiary alicyclic amines) is 1. The number of rotatable bonds is 0. The molecule has 3 atom stereocenters. The average molecular weight is 208 g/mol. The number of carbonyl (C=O) groups is 1. The Morgan fingerprint density at radius 1 is 1.47 bits per heavy atom. The Labute approximate surface area is 89.8 Å². The second-order valence-corrected chi connectivity index (χ2v) is 5.33. The van der Waals surface area contributed by atoms with Crippen molar-refractivity contribution in [2.75, 3.05) is 0 Å². The zero-order valence-corrected chi connectivity index (χ0v) is 9.36. The van der Waals surface area contributed by atoms with Gasteiger partial charge in [-0.2, -0.15) is 5.26 Å². The van der Waals surface area contributed by atoms with Crippen LogP contribution in [0.3, 0.4) is 0 Å². The van der Waals surface area contributed by atoms with Crippen LogP contribution in [-0.2, 0) is 4.74 Å². The predicted octanol–water partition coefficient (Wildman–Crippen LogP) is 1.91. The number of piperidine rings is 1. The van der Waals surface area contributed by atoms with E-state index >= 15 is 0 Å². The van der Waals surface area contributed by atoms with Gasteiger partial charge in [-0.05, 0) is 39.5 Å². The van der Waals surface area contributed by atoms with E-state index in [1.54, 1.807) is 4.90 Å². The van der Waals surface area contributed by atoms with Gasteiger partial charge >= 0.3 is 6.09 Å². The molecule has 2 aliphatic rings. The number of hydrogen-bond acceptors (Lipinski definition) is 3. The molecule has 0 N–H and O–H groups in total. The van der Waals surface area contributed by atoms with Gasteiger partial charge in [0, 0.05) is 6.04 Å². The Morgan fingerprint density at radius 3 is 2.67 bits per heavy atom. The second kappa shape index (κ2) is 3.13. The highest BCUT2D eigenvalue weighted by Crippen LogP contribution is 2.48. The normalized spacial score (nSPS) is 33.2. The zero-order chi connectivity index (χ0) is 11.2. The lowest BCUT2D eigenvalue weighted by Gasteiger charge is -2.27. The van der Waals surface area contributed by atoms with E-state index in [1.807, 2.05) is 20.8 Å². The summed E-state index contributed by atoms with van der Waals surface area (Å²) in [6, 6.07) is 2.16. The third kappa shape index (κ3) is 1.92. The van der Waals surface area contributed by atoms with Crippen LogP contribution in [0.5, 0.6) is 0 Å². The number of nitrogens with zero attached hydrogens (tertiary/aromatic N) is 2. The number of carbonyl (C=O) groups excluding carboxylic acids is 1. The summed E-state index contributed by atoms with van der Waals surface area (Å²) in [7, 11) is 0. The van der Waals surface area contributed by atoms with Gasteiger partial charge in [0.1, 0.15) is 11.6 Å². The molecule has 1 saturated heterocycles. The summed E-state index contributed by atoms with van der Waals surface area (Å²) in [5.74, 6) is 0.544. The third-order valence-corrected chi connectivity index (χ3v) is 2.86. The third-order valence-electron chi connectivity index (χ3n) is 2.86. The first-order valence-corrected chi connectivity index (χ1v) is 5.33. The van der Waals surface area contributed by atoms with Crippen molar-refractivity contribution in [3.63, 3.8) is 0 Å². The van der Waals surface area contributed by atoms with Crippen LogP contribution in [0.1, 0.15) is 33.6 Å². The average Bonchev–Trinajstić information content (AvgIpc) is 2.73. The van der Waals surface area contributed by atoms with Crippen molar-refractivity contribution in [3.8, 4) is 6.07 Å². The predicted molar refractivity (Wildman–Crippen MR) is 54.0 cm³/mol. The summed E-state index contributed by atoms with van der Waals surface area (Å²) >= 11 is 0. The molecule has 0 aromatic carbocycles. The fraction of sp³-hybridized carbons (Fsp3) is 0.818. The highest BCUT2D eigenvalue weighted by molar-refractivity contribution is 5.70. The molecule has 1 amide bonds. The molecule has 2 fully saturated rings. The molecule has 15 heavy (non-hydrogen) atoms. The first-order chi connectivity index (χ1) is 6.92. The number of nitriles is 1. The van der Waals surface area contributed by atoms with Crippen LogP contribution in [0, 0.1) is 17.2 Å². The van der Waals surface area contributed by atoms with Gasteiger partial charge < -0.3 is 4.74 Å². The molecule has 1 heterocycles. The fourth-order valence-corrected chi connectivity index (χ4v) is 2.15. The summed E-state index contributed by atoms with van der Waals surface area (Å²) in [6.45, 7) is 5.52. The fourth-order valence-electron chi connectivity index (χ4n) is 2.15. The van der Waals surface area contributed by atoms with Crippen LogP contribution >= 0.6 is 0 Å². The number of hydrogen-bond donors (Lipinski definition) is 0. The number of fused-ring (bicyclic) bond motifs is 1. The van der Waals surface area contributed by atoms with Gasteiger partial charge in [0.15, 0.2) is 0 Å². The maximum Gasteiger partial charge on any atom is 0.411 e. The molecule has 0 radical (unpaired) electrons. The first-order valence-electron chi connectivity index (χ1n) is 5.33. The largest absolute Gasteiger partial charge is 0.444 e. The molecular formula is C11H16N2O2. The van der Waals surface area contributed by atoms with E-state index in [9.17, 15) is 4.79 Å². The standard InChI is InChI=1S/C11H16N2O2/c1-11(2,3)15-10(14)13-8(6-12)4-7-5-9(7)13/h7-9H,4-5H2,1-3H3/t7-,8-,9+/m0/s1. The molecule has 0 unspecified atom stereocenters. The van der Waals surface area contributed by atoms with E-state index < -0.39 is 5.60 Å². The lowest BCUT2D eigenvalue weighted by molar-refractivity contribution is 0.0223. The molecule has 1 aliphatic carbocycles. The topological polar surface area (TPSA) is 53.3 Å². The minimum atomic E-state index is -0.482. The lowest BCUT2D eigenvalue weighted by atomic mass is 10.2. The monoisotopic (exact) mass is 208 g/mol. The molecule has 0 aromatic rings. The van der Waals surface area contributed by atoms with Crippen molar-refractivity contribution in [2.24, 2.45) is 5.92 Å². The smallest absolute Gasteiger partial charge is 0.411 e. The van der Waals surface area contributed by atoms with E-state index in [0.29, 0.717) is 5.92 Å². The second-order valence-electron chi connectivity index (χ2n) is 5.33. The van der Waals surface area contributed by atoms with Gasteiger partial charge in [0.05, 0.1) is 6.07 Å². The highest BCUT2D eigenvalue weighted by atomic mass is 16.6. The molecule has 1 aliphatic heterocycles. The van der Waals surface area contributed by atoms with Crippen molar-refractivity contribution in [1.82, 2.24) is 4.90 Å². The maximum absolute atomic E-state index is 11.8. The quantitative estimate of drug-likeness (QED) is 0.611. The molecule has 0 bridgehead atoms. The van der Waals surface area contributed by atoms with E-state index in [1.165, 1.54) is 0 Å². The summed E-state index contributed by atoms with van der Waals surface area (Å²) in [4.78, 5) is 13.4. The molecule has 1 saturated carbocycles. The van der Waals surface area contributed by atoms with Crippen molar-refractivity contribution in [3.05, 3.63) is 0 Å². The van der Waals surface area contributed by atoms with E-state index in [2.05, 4.69) is 6.07 Å². The minimum absolute atomic E-state index is 0.268. The van der Waals surface area contributed by atoms with Crippen molar-refractivity contribution >= 4 is 6.09 Å². The van der Waals surface area contributed by atoms with Crippen LogP contribution in [-0.4, -0.2) is 28.7 Å². The number of ether oxygens (including phenoxy) is 1. The van der Waals surface area contributed by atoms with Gasteiger partial charge in [-0.15, -0.1) is 0 Å². The lowest BCUT2D eigenvalue weighted by Crippen LogP contribution is -2.41. The van der Waals surface area contributed by atoms with Gasteiger partial charge in [-0.25, -0.2) is 4.79 Å². The van der Waals surface area contributed by atoms with Crippen LogP contribution in [0.25, 0.3) is 0 Å². The van der Waals surface area contributed by atoms with E-state index in [-0.39, 0.29) is 18.2 Å². The Bertz CT molecular complexity index is 326. The summed E-state index contributed by atoms with van der Waals surface area (Å²) in [5, 5.41) is 8.92. The van der Waals surface area contributed by atoms with Gasteiger partial charge in [0.25, 0.3) is 0 Å². The summed E-state index contributed by atoms with van der Waals surface area (Å²) < 4.78 is 5.29. The number of amides is 1. The Balaban J connectivity index is 2.04. The molecule has 4 nitrogen and oxygen atoms in total. The molecule has 82 valence electrons. The van der Waals surface area contributed by atoms with Crippen LogP contribution in [0.15, 0.2) is 0 Å². The van der Waals surface area contributed by atoms with Crippen LogP contribution in [0.4, 0.5) is 4.79 Å². The molecule has 0 spiro atoms. The van der Waals surface area contributed by atoms with Crippen molar-refractivity contribution in [2.45, 2.75) is 51.3 Å². The molecule has 0 aromatic heterocycles. The van der Waals surface area contributed by atoms with Gasteiger partial charge in [-0.3, -0.25) is 4.90 Å². The molecule has 2 rings (SSSR count). The Morgan fingerprint density at radius 2 is 2.13 bits per heavy atom. The maximum atomic E-state index is 11.8. The zero-order valence-electron chi connectivity index (χ0n) is 9.36.